The Kier molecular flexibility index (Phi) is 3.77. The monoisotopic (exact) mass is 218 g/mol. The van der Waals surface area contributed by atoms with E-state index in [1.54, 1.807) is 0 Å². The second kappa shape index (κ2) is 5.51. The number of para-hydroxylation sites is 1. The van der Waals surface area contributed by atoms with Crippen molar-refractivity contribution >= 4 is 11.5 Å². The molecule has 1 aliphatic rings. The summed E-state index contributed by atoms with van der Waals surface area (Å²) in [6.45, 7) is 2.32. The van der Waals surface area contributed by atoms with Gasteiger partial charge in [-0.3, -0.25) is 4.99 Å². The lowest BCUT2D eigenvalue weighted by Crippen LogP contribution is -2.35. The van der Waals surface area contributed by atoms with Gasteiger partial charge < -0.3 is 16.4 Å². The van der Waals surface area contributed by atoms with Crippen molar-refractivity contribution in [2.45, 2.75) is 12.5 Å². The number of amidine groups is 1. The lowest BCUT2D eigenvalue weighted by Gasteiger charge is -2.11. The van der Waals surface area contributed by atoms with Crippen molar-refractivity contribution in [1.82, 2.24) is 5.32 Å². The van der Waals surface area contributed by atoms with Gasteiger partial charge in [0.15, 0.2) is 0 Å². The zero-order valence-corrected chi connectivity index (χ0v) is 9.32. The van der Waals surface area contributed by atoms with Crippen LogP contribution in [0.5, 0.6) is 0 Å². The highest BCUT2D eigenvalue weighted by molar-refractivity contribution is 5.87. The Bertz CT molecular complexity index is 347. The minimum absolute atomic E-state index is 0.428. The van der Waals surface area contributed by atoms with E-state index in [1.807, 2.05) is 30.3 Å². The molecule has 0 aliphatic carbocycles. The van der Waals surface area contributed by atoms with Gasteiger partial charge in [0, 0.05) is 11.7 Å². The van der Waals surface area contributed by atoms with Gasteiger partial charge in [0.25, 0.3) is 0 Å². The van der Waals surface area contributed by atoms with Crippen molar-refractivity contribution in [3.63, 3.8) is 0 Å². The third-order valence-electron chi connectivity index (χ3n) is 2.62. The number of hydrogen-bond donors (Lipinski definition) is 3. The van der Waals surface area contributed by atoms with Gasteiger partial charge in [0.2, 0.25) is 0 Å². The standard InChI is InChI=1S/C12H18N4/c13-7-6-11-8-15-12(16-11)9-14-10-4-2-1-3-5-10/h1-5,11,14H,6-9,13H2,(H,15,16). The van der Waals surface area contributed by atoms with Crippen molar-refractivity contribution in [3.8, 4) is 0 Å². The van der Waals surface area contributed by atoms with Crippen LogP contribution in [0.2, 0.25) is 0 Å². The largest absolute Gasteiger partial charge is 0.378 e. The number of rotatable bonds is 5. The molecule has 0 radical (unpaired) electrons. The first kappa shape index (κ1) is 11.0. The topological polar surface area (TPSA) is 62.4 Å². The maximum atomic E-state index is 5.51. The van der Waals surface area contributed by atoms with Crippen molar-refractivity contribution in [3.05, 3.63) is 30.3 Å². The van der Waals surface area contributed by atoms with Crippen LogP contribution in [0.15, 0.2) is 35.3 Å². The summed E-state index contributed by atoms with van der Waals surface area (Å²) in [6.07, 6.45) is 0.984. The van der Waals surface area contributed by atoms with Crippen LogP contribution in [0.4, 0.5) is 5.69 Å². The summed E-state index contributed by atoms with van der Waals surface area (Å²) < 4.78 is 0. The molecule has 1 unspecified atom stereocenters. The third kappa shape index (κ3) is 2.97. The van der Waals surface area contributed by atoms with Gasteiger partial charge >= 0.3 is 0 Å². The number of hydrogen-bond acceptors (Lipinski definition) is 4. The molecule has 4 nitrogen and oxygen atoms in total. The van der Waals surface area contributed by atoms with Crippen LogP contribution in [0.25, 0.3) is 0 Å². The fourth-order valence-corrected chi connectivity index (χ4v) is 1.76. The SMILES string of the molecule is NCCC1CN=C(CNc2ccccc2)N1. The van der Waals surface area contributed by atoms with Crippen molar-refractivity contribution in [2.75, 3.05) is 25.0 Å². The molecule has 0 saturated carbocycles. The van der Waals surface area contributed by atoms with E-state index in [0.717, 1.165) is 31.0 Å². The highest BCUT2D eigenvalue weighted by atomic mass is 15.1. The molecule has 0 aromatic heterocycles. The smallest absolute Gasteiger partial charge is 0.116 e. The molecule has 4 N–H and O–H groups in total. The van der Waals surface area contributed by atoms with Crippen molar-refractivity contribution in [2.24, 2.45) is 10.7 Å². The highest BCUT2D eigenvalue weighted by Gasteiger charge is 2.15. The Balaban J connectivity index is 1.76. The van der Waals surface area contributed by atoms with Gasteiger partial charge in [-0.15, -0.1) is 0 Å². The van der Waals surface area contributed by atoms with Gasteiger partial charge in [-0.1, -0.05) is 18.2 Å². The number of nitrogens with zero attached hydrogens (tertiary/aromatic N) is 1. The van der Waals surface area contributed by atoms with Gasteiger partial charge in [0.05, 0.1) is 13.1 Å². The first-order valence-corrected chi connectivity index (χ1v) is 5.67. The van der Waals surface area contributed by atoms with Crippen LogP contribution in [0.3, 0.4) is 0 Å². The summed E-state index contributed by atoms with van der Waals surface area (Å²) in [5.74, 6) is 1.03. The second-order valence-electron chi connectivity index (χ2n) is 3.93. The zero-order valence-electron chi connectivity index (χ0n) is 9.32. The van der Waals surface area contributed by atoms with E-state index in [4.69, 9.17) is 5.73 Å². The Labute approximate surface area is 96.0 Å². The lowest BCUT2D eigenvalue weighted by molar-refractivity contribution is 0.609. The molecule has 4 heteroatoms. The van der Waals surface area contributed by atoms with Gasteiger partial charge in [0.1, 0.15) is 5.84 Å². The quantitative estimate of drug-likeness (QED) is 0.685. The molecule has 86 valence electrons. The first-order valence-electron chi connectivity index (χ1n) is 5.67. The van der Waals surface area contributed by atoms with E-state index in [2.05, 4.69) is 15.6 Å². The van der Waals surface area contributed by atoms with Crippen LogP contribution < -0.4 is 16.4 Å². The number of benzene rings is 1. The van der Waals surface area contributed by atoms with Crippen LogP contribution in [0.1, 0.15) is 6.42 Å². The summed E-state index contributed by atoms with van der Waals surface area (Å²) in [7, 11) is 0. The average molecular weight is 218 g/mol. The lowest BCUT2D eigenvalue weighted by atomic mass is 10.2. The number of anilines is 1. The Morgan fingerprint density at radius 3 is 2.94 bits per heavy atom. The normalized spacial score (nSPS) is 19.1. The van der Waals surface area contributed by atoms with Crippen LogP contribution in [-0.4, -0.2) is 31.5 Å². The van der Waals surface area contributed by atoms with Gasteiger partial charge in [-0.05, 0) is 25.1 Å². The fourth-order valence-electron chi connectivity index (χ4n) is 1.76. The molecule has 0 amide bonds. The van der Waals surface area contributed by atoms with E-state index in [1.165, 1.54) is 0 Å². The minimum atomic E-state index is 0.428. The van der Waals surface area contributed by atoms with E-state index in [9.17, 15) is 0 Å². The van der Waals surface area contributed by atoms with Crippen molar-refractivity contribution in [1.29, 1.82) is 0 Å². The molecule has 0 spiro atoms. The molecule has 1 heterocycles. The number of nitrogens with two attached hydrogens (primary N) is 1. The Morgan fingerprint density at radius 1 is 1.38 bits per heavy atom. The van der Waals surface area contributed by atoms with Gasteiger partial charge in [-0.25, -0.2) is 0 Å². The van der Waals surface area contributed by atoms with E-state index in [-0.39, 0.29) is 0 Å². The molecule has 1 atom stereocenters. The van der Waals surface area contributed by atoms with Crippen LogP contribution in [0, 0.1) is 0 Å². The third-order valence-corrected chi connectivity index (χ3v) is 2.62. The summed E-state index contributed by atoms with van der Waals surface area (Å²) in [5.41, 5.74) is 6.63. The first-order chi connectivity index (χ1) is 7.88. The molecule has 1 aromatic rings. The molecule has 1 aliphatic heterocycles. The Hall–Kier alpha value is -1.55. The second-order valence-corrected chi connectivity index (χ2v) is 3.93. The summed E-state index contributed by atoms with van der Waals surface area (Å²) in [6, 6.07) is 10.6. The van der Waals surface area contributed by atoms with Crippen LogP contribution in [-0.2, 0) is 0 Å². The summed E-state index contributed by atoms with van der Waals surface area (Å²) in [4.78, 5) is 4.44. The average Bonchev–Trinajstić information content (AvgIpc) is 2.76. The maximum absolute atomic E-state index is 5.51. The number of nitrogens with one attached hydrogen (secondary N) is 2. The maximum Gasteiger partial charge on any atom is 0.116 e. The van der Waals surface area contributed by atoms with E-state index >= 15 is 0 Å². The predicted octanol–water partition coefficient (Wildman–Crippen LogP) is 0.818. The van der Waals surface area contributed by atoms with Crippen molar-refractivity contribution < 1.29 is 0 Å². The molecule has 2 rings (SSSR count). The zero-order chi connectivity index (χ0) is 11.2. The van der Waals surface area contributed by atoms with Crippen LogP contribution >= 0.6 is 0 Å². The molecular formula is C12H18N4. The number of aliphatic imine (C=N–C) groups is 1. The molecule has 0 bridgehead atoms. The molecule has 0 fully saturated rings. The molecule has 1 aromatic carbocycles. The summed E-state index contributed by atoms with van der Waals surface area (Å²) in [5, 5.41) is 6.69. The summed E-state index contributed by atoms with van der Waals surface area (Å²) >= 11 is 0. The minimum Gasteiger partial charge on any atom is -0.378 e. The predicted molar refractivity (Wildman–Crippen MR) is 67.8 cm³/mol. The molecule has 0 saturated heterocycles. The van der Waals surface area contributed by atoms with Gasteiger partial charge in [-0.2, -0.15) is 0 Å². The fraction of sp³-hybridized carbons (Fsp3) is 0.417. The van der Waals surface area contributed by atoms with E-state index in [0.29, 0.717) is 12.6 Å². The van der Waals surface area contributed by atoms with E-state index < -0.39 is 0 Å². The Morgan fingerprint density at radius 2 is 2.19 bits per heavy atom. The highest BCUT2D eigenvalue weighted by Crippen LogP contribution is 2.05. The molecule has 16 heavy (non-hydrogen) atoms. The molecular weight excluding hydrogens is 200 g/mol.